The maximum atomic E-state index is 12.4. The molecule has 0 radical (unpaired) electrons. The maximum absolute atomic E-state index is 12.4. The van der Waals surface area contributed by atoms with Gasteiger partial charge in [0.05, 0.1) is 6.10 Å². The molecule has 3 N–H and O–H groups in total. The Balaban J connectivity index is 1.83. The predicted octanol–water partition coefficient (Wildman–Crippen LogP) is 1.95. The van der Waals surface area contributed by atoms with Crippen molar-refractivity contribution in [2.24, 2.45) is 28.6 Å². The van der Waals surface area contributed by atoms with Crippen LogP contribution in [0.5, 0.6) is 0 Å². The Morgan fingerprint density at radius 3 is 2.67 bits per heavy atom. The predicted molar refractivity (Wildman–Crippen MR) is 99.7 cm³/mol. The number of fused-ring (bicyclic) bond motifs is 5. The summed E-state index contributed by atoms with van der Waals surface area (Å²) >= 11 is 0. The van der Waals surface area contributed by atoms with Gasteiger partial charge in [-0.2, -0.15) is 0 Å². The highest BCUT2D eigenvalue weighted by Gasteiger charge is 2.67. The SMILES string of the molecule is CC1=C[C@@H]2[C@H]([C@@H](O)C[C@@]3(C)[C@H]2CC[C@]3(O)C(=O)CO)[C@@]2(C)CCC(=O)C=C12. The summed E-state index contributed by atoms with van der Waals surface area (Å²) in [6.45, 7) is 5.41. The molecule has 0 aromatic rings. The standard InChI is InChI=1S/C22H30O5/c1-12-8-14-15-5-7-22(27,18(26)11-23)21(15,3)10-17(25)19(14)20(2)6-4-13(24)9-16(12)20/h8-9,14-15,17,19,23,25,27H,4-7,10-11H2,1-3H3/t14-,15-,17-,19+,20-,21-,22-/m0/s1. The molecule has 0 amide bonds. The number of hydrogen-bond acceptors (Lipinski definition) is 5. The zero-order chi connectivity index (χ0) is 19.8. The van der Waals surface area contributed by atoms with Crippen LogP contribution in [-0.4, -0.2) is 45.2 Å². The van der Waals surface area contributed by atoms with Crippen molar-refractivity contribution in [1.82, 2.24) is 0 Å². The molecule has 0 bridgehead atoms. The first-order valence-electron chi connectivity index (χ1n) is 10.1. The molecule has 0 heterocycles. The van der Waals surface area contributed by atoms with Crippen LogP contribution in [0.25, 0.3) is 0 Å². The van der Waals surface area contributed by atoms with Crippen LogP contribution in [-0.2, 0) is 9.59 Å². The summed E-state index contributed by atoms with van der Waals surface area (Å²) in [4.78, 5) is 24.4. The van der Waals surface area contributed by atoms with Gasteiger partial charge in [0.25, 0.3) is 0 Å². The highest BCUT2D eigenvalue weighted by atomic mass is 16.3. The Kier molecular flexibility index (Phi) is 4.12. The average Bonchev–Trinajstić information content (AvgIpc) is 2.87. The normalized spacial score (nSPS) is 48.9. The van der Waals surface area contributed by atoms with E-state index in [0.29, 0.717) is 25.7 Å². The molecule has 27 heavy (non-hydrogen) atoms. The Morgan fingerprint density at radius 1 is 1.30 bits per heavy atom. The zero-order valence-electron chi connectivity index (χ0n) is 16.4. The first-order chi connectivity index (χ1) is 12.6. The molecular weight excluding hydrogens is 344 g/mol. The van der Waals surface area contributed by atoms with Crippen LogP contribution in [0, 0.1) is 28.6 Å². The van der Waals surface area contributed by atoms with E-state index in [1.165, 1.54) is 0 Å². The zero-order valence-corrected chi connectivity index (χ0v) is 16.4. The molecule has 0 aliphatic heterocycles. The minimum atomic E-state index is -1.58. The number of rotatable bonds is 2. The lowest BCUT2D eigenvalue weighted by molar-refractivity contribution is -0.174. The fourth-order valence-corrected chi connectivity index (χ4v) is 7.14. The molecule has 5 nitrogen and oxygen atoms in total. The van der Waals surface area contributed by atoms with Gasteiger partial charge in [-0.15, -0.1) is 0 Å². The third-order valence-electron chi connectivity index (χ3n) is 8.53. The van der Waals surface area contributed by atoms with E-state index in [0.717, 1.165) is 17.6 Å². The van der Waals surface area contributed by atoms with E-state index in [1.807, 2.05) is 13.8 Å². The number of carbonyl (C=O) groups excluding carboxylic acids is 2. The molecule has 0 unspecified atom stereocenters. The quantitative estimate of drug-likeness (QED) is 0.687. The van der Waals surface area contributed by atoms with Gasteiger partial charge in [-0.1, -0.05) is 25.5 Å². The molecule has 4 rings (SSSR count). The van der Waals surface area contributed by atoms with Crippen molar-refractivity contribution >= 4 is 11.6 Å². The summed E-state index contributed by atoms with van der Waals surface area (Å²) in [6.07, 6.45) is 5.84. The number of aliphatic hydroxyl groups excluding tert-OH is 2. The Hall–Kier alpha value is -1.30. The molecule has 4 aliphatic rings. The van der Waals surface area contributed by atoms with Crippen molar-refractivity contribution < 1.29 is 24.9 Å². The van der Waals surface area contributed by atoms with Crippen LogP contribution in [0.1, 0.15) is 52.9 Å². The second kappa shape index (κ2) is 5.85. The van der Waals surface area contributed by atoms with Gasteiger partial charge in [-0.25, -0.2) is 0 Å². The number of ketones is 2. The summed E-state index contributed by atoms with van der Waals surface area (Å²) in [5, 5.41) is 31.9. The minimum absolute atomic E-state index is 0.0230. The van der Waals surface area contributed by atoms with E-state index >= 15 is 0 Å². The van der Waals surface area contributed by atoms with E-state index in [-0.39, 0.29) is 29.0 Å². The number of hydrogen-bond donors (Lipinski definition) is 3. The summed E-state index contributed by atoms with van der Waals surface area (Å²) in [6, 6.07) is 0. The van der Waals surface area contributed by atoms with Gasteiger partial charge in [0.1, 0.15) is 12.2 Å². The number of allylic oxidation sites excluding steroid dienone is 4. The molecule has 4 aliphatic carbocycles. The van der Waals surface area contributed by atoms with Crippen molar-refractivity contribution in [2.75, 3.05) is 6.61 Å². The molecule has 148 valence electrons. The third-order valence-corrected chi connectivity index (χ3v) is 8.53. The van der Waals surface area contributed by atoms with Crippen LogP contribution in [0.2, 0.25) is 0 Å². The van der Waals surface area contributed by atoms with Crippen LogP contribution in [0.4, 0.5) is 0 Å². The summed E-state index contributed by atoms with van der Waals surface area (Å²) in [5.74, 6) is -0.297. The highest BCUT2D eigenvalue weighted by molar-refractivity contribution is 5.92. The third kappa shape index (κ3) is 2.28. The lowest BCUT2D eigenvalue weighted by atomic mass is 9.46. The first-order valence-corrected chi connectivity index (χ1v) is 10.1. The summed E-state index contributed by atoms with van der Waals surface area (Å²) < 4.78 is 0. The Bertz CT molecular complexity index is 767. The van der Waals surface area contributed by atoms with E-state index in [9.17, 15) is 24.9 Å². The van der Waals surface area contributed by atoms with E-state index in [2.05, 4.69) is 13.0 Å². The van der Waals surface area contributed by atoms with Gasteiger partial charge < -0.3 is 15.3 Å². The van der Waals surface area contributed by atoms with Crippen molar-refractivity contribution in [3.05, 3.63) is 23.3 Å². The molecule has 0 saturated heterocycles. The first kappa shape index (κ1) is 19.0. The van der Waals surface area contributed by atoms with Crippen molar-refractivity contribution in [3.8, 4) is 0 Å². The largest absolute Gasteiger partial charge is 0.393 e. The lowest BCUT2D eigenvalue weighted by Gasteiger charge is -2.59. The van der Waals surface area contributed by atoms with Crippen LogP contribution < -0.4 is 0 Å². The van der Waals surface area contributed by atoms with E-state index < -0.39 is 29.5 Å². The lowest BCUT2D eigenvalue weighted by Crippen LogP contribution is -2.61. The van der Waals surface area contributed by atoms with Crippen molar-refractivity contribution in [3.63, 3.8) is 0 Å². The van der Waals surface area contributed by atoms with E-state index in [1.54, 1.807) is 6.08 Å². The van der Waals surface area contributed by atoms with Gasteiger partial charge in [-0.05, 0) is 61.5 Å². The van der Waals surface area contributed by atoms with Crippen molar-refractivity contribution in [2.45, 2.75) is 64.6 Å². The van der Waals surface area contributed by atoms with E-state index in [4.69, 9.17) is 0 Å². The molecule has 0 spiro atoms. The molecule has 7 atom stereocenters. The highest BCUT2D eigenvalue weighted by Crippen LogP contribution is 2.67. The van der Waals surface area contributed by atoms with Gasteiger partial charge in [0.2, 0.25) is 0 Å². The summed E-state index contributed by atoms with van der Waals surface area (Å²) in [7, 11) is 0. The van der Waals surface area contributed by atoms with Gasteiger partial charge in [0, 0.05) is 17.8 Å². The molecule has 0 aromatic carbocycles. The van der Waals surface area contributed by atoms with Crippen LogP contribution in [0.3, 0.4) is 0 Å². The number of Topliss-reactive ketones (excluding diaryl/α,β-unsaturated/α-hetero) is 1. The van der Waals surface area contributed by atoms with Crippen LogP contribution >= 0.6 is 0 Å². The molecule has 2 saturated carbocycles. The Morgan fingerprint density at radius 2 is 2.00 bits per heavy atom. The minimum Gasteiger partial charge on any atom is -0.393 e. The molecule has 5 heteroatoms. The monoisotopic (exact) mass is 374 g/mol. The summed E-state index contributed by atoms with van der Waals surface area (Å²) in [5.41, 5.74) is -0.485. The topological polar surface area (TPSA) is 94.8 Å². The molecule has 2 fully saturated rings. The average molecular weight is 374 g/mol. The number of aliphatic hydroxyl groups is 3. The van der Waals surface area contributed by atoms with Gasteiger partial charge in [0.15, 0.2) is 11.6 Å². The fourth-order valence-electron chi connectivity index (χ4n) is 7.14. The van der Waals surface area contributed by atoms with Gasteiger partial charge >= 0.3 is 0 Å². The number of carbonyl (C=O) groups is 2. The maximum Gasteiger partial charge on any atom is 0.190 e. The second-order valence-electron chi connectivity index (χ2n) is 9.67. The van der Waals surface area contributed by atoms with Gasteiger partial charge in [-0.3, -0.25) is 9.59 Å². The van der Waals surface area contributed by atoms with Crippen LogP contribution in [0.15, 0.2) is 23.3 Å². The Labute approximate surface area is 160 Å². The molecule has 0 aromatic heterocycles. The molecular formula is C22H30O5. The van der Waals surface area contributed by atoms with Crippen molar-refractivity contribution in [1.29, 1.82) is 0 Å². The smallest absolute Gasteiger partial charge is 0.190 e. The fraction of sp³-hybridized carbons (Fsp3) is 0.727. The second-order valence-corrected chi connectivity index (χ2v) is 9.67.